The molecular formula is C31H31N5O4. The van der Waals surface area contributed by atoms with Crippen LogP contribution in [-0.2, 0) is 38.8 Å². The third-order valence-corrected chi connectivity index (χ3v) is 6.91. The van der Waals surface area contributed by atoms with Crippen LogP contribution in [0.15, 0.2) is 104 Å². The number of imidazole rings is 1. The summed E-state index contributed by atoms with van der Waals surface area (Å²) < 4.78 is 27.7. The fourth-order valence-electron chi connectivity index (χ4n) is 4.90. The molecule has 6 rings (SSSR count). The first-order chi connectivity index (χ1) is 19.8. The maximum atomic E-state index is 6.64. The average molecular weight is 538 g/mol. The number of nitrogen functional groups attached to an aromatic ring is 1. The molecule has 0 unspecified atom stereocenters. The van der Waals surface area contributed by atoms with Crippen molar-refractivity contribution in [3.63, 3.8) is 0 Å². The van der Waals surface area contributed by atoms with Crippen molar-refractivity contribution in [2.75, 3.05) is 12.3 Å². The Morgan fingerprint density at radius 2 is 1.27 bits per heavy atom. The van der Waals surface area contributed by atoms with Crippen molar-refractivity contribution in [1.82, 2.24) is 19.5 Å². The first kappa shape index (κ1) is 26.1. The summed E-state index contributed by atoms with van der Waals surface area (Å²) in [6, 6.07) is 30.2. The standard InChI is InChI=1S/C31H31N5O4/c32-29-26-30(34-20-33-29)36(21-35-26)31-28(39-18-24-14-8-3-9-15-24)27(38-17-23-12-6-2-7-13-23)25(40-31)19-37-16-22-10-4-1-5-11-22/h1-15,20-21,25,27-28,31H,16-19H2,(H2,32,33,34)/t25-,27-,28-,31+/m0/s1. The quantitative estimate of drug-likeness (QED) is 0.259. The van der Waals surface area contributed by atoms with Gasteiger partial charge in [0.25, 0.3) is 0 Å². The lowest BCUT2D eigenvalue weighted by Crippen LogP contribution is -2.38. The predicted molar refractivity (Wildman–Crippen MR) is 150 cm³/mol. The third-order valence-electron chi connectivity index (χ3n) is 6.91. The minimum atomic E-state index is -0.575. The van der Waals surface area contributed by atoms with Gasteiger partial charge in [0.15, 0.2) is 17.7 Å². The number of benzene rings is 3. The molecule has 1 aliphatic heterocycles. The summed E-state index contributed by atoms with van der Waals surface area (Å²) in [6.07, 6.45) is 1.20. The lowest BCUT2D eigenvalue weighted by molar-refractivity contribution is -0.0913. The minimum Gasteiger partial charge on any atom is -0.382 e. The van der Waals surface area contributed by atoms with Gasteiger partial charge in [0.2, 0.25) is 0 Å². The minimum absolute atomic E-state index is 0.308. The van der Waals surface area contributed by atoms with Crippen LogP contribution in [-0.4, -0.2) is 44.4 Å². The van der Waals surface area contributed by atoms with E-state index < -0.39 is 24.5 Å². The SMILES string of the molecule is Nc1ncnc2c1ncn2[C@@H]1O[C@@H](COCc2ccccc2)[C@H](OCc2ccccc2)[C@@H]1OCc1ccccc1. The van der Waals surface area contributed by atoms with E-state index in [4.69, 9.17) is 24.7 Å². The Morgan fingerprint density at radius 3 is 1.90 bits per heavy atom. The van der Waals surface area contributed by atoms with E-state index in [1.54, 1.807) is 6.33 Å². The normalized spacial score (nSPS) is 20.7. The molecule has 40 heavy (non-hydrogen) atoms. The monoisotopic (exact) mass is 537 g/mol. The Morgan fingerprint density at radius 1 is 0.700 bits per heavy atom. The summed E-state index contributed by atoms with van der Waals surface area (Å²) in [7, 11) is 0. The van der Waals surface area contributed by atoms with Crippen molar-refractivity contribution in [2.45, 2.75) is 44.4 Å². The molecule has 0 bridgehead atoms. The Kier molecular flexibility index (Phi) is 8.06. The molecule has 9 heteroatoms. The van der Waals surface area contributed by atoms with Crippen molar-refractivity contribution in [3.8, 4) is 0 Å². The number of nitrogens with two attached hydrogens (primary N) is 1. The van der Waals surface area contributed by atoms with Crippen molar-refractivity contribution in [1.29, 1.82) is 0 Å². The molecule has 1 aliphatic rings. The van der Waals surface area contributed by atoms with Gasteiger partial charge >= 0.3 is 0 Å². The zero-order chi connectivity index (χ0) is 27.1. The molecule has 0 radical (unpaired) electrons. The maximum absolute atomic E-state index is 6.64. The van der Waals surface area contributed by atoms with E-state index in [1.807, 2.05) is 95.6 Å². The van der Waals surface area contributed by atoms with Crippen LogP contribution in [0.5, 0.6) is 0 Å². The molecule has 1 saturated heterocycles. The number of anilines is 1. The van der Waals surface area contributed by atoms with Gasteiger partial charge in [-0.15, -0.1) is 0 Å². The number of rotatable bonds is 11. The van der Waals surface area contributed by atoms with Gasteiger partial charge in [-0.2, -0.15) is 0 Å². The Bertz CT molecular complexity index is 1500. The van der Waals surface area contributed by atoms with Gasteiger partial charge in [0.05, 0.1) is 32.8 Å². The highest BCUT2D eigenvalue weighted by molar-refractivity contribution is 5.81. The molecular weight excluding hydrogens is 506 g/mol. The van der Waals surface area contributed by atoms with Crippen LogP contribution in [0.3, 0.4) is 0 Å². The fraction of sp³-hybridized carbons (Fsp3) is 0.258. The largest absolute Gasteiger partial charge is 0.382 e. The van der Waals surface area contributed by atoms with Gasteiger partial charge in [0, 0.05) is 0 Å². The van der Waals surface area contributed by atoms with Crippen LogP contribution in [0, 0.1) is 0 Å². The second-order valence-electron chi connectivity index (χ2n) is 9.67. The van der Waals surface area contributed by atoms with Crippen LogP contribution >= 0.6 is 0 Å². The highest BCUT2D eigenvalue weighted by Crippen LogP contribution is 2.37. The predicted octanol–water partition coefficient (Wildman–Crippen LogP) is 4.69. The summed E-state index contributed by atoms with van der Waals surface area (Å²) in [5.74, 6) is 0.308. The zero-order valence-electron chi connectivity index (χ0n) is 22.0. The number of nitrogens with zero attached hydrogens (tertiary/aromatic N) is 4. The molecule has 3 heterocycles. The van der Waals surface area contributed by atoms with Crippen LogP contribution < -0.4 is 5.73 Å². The number of hydrogen-bond donors (Lipinski definition) is 1. The van der Waals surface area contributed by atoms with Crippen molar-refractivity contribution in [3.05, 3.63) is 120 Å². The van der Waals surface area contributed by atoms with Crippen LogP contribution in [0.1, 0.15) is 22.9 Å². The molecule has 3 aromatic carbocycles. The molecule has 9 nitrogen and oxygen atoms in total. The number of ether oxygens (including phenoxy) is 4. The molecule has 2 N–H and O–H groups in total. The first-order valence-electron chi connectivity index (χ1n) is 13.3. The Hall–Kier alpha value is -4.15. The Balaban J connectivity index is 1.29. The highest BCUT2D eigenvalue weighted by Gasteiger charge is 2.48. The van der Waals surface area contributed by atoms with Crippen LogP contribution in [0.25, 0.3) is 11.2 Å². The van der Waals surface area contributed by atoms with Crippen LogP contribution in [0.4, 0.5) is 5.82 Å². The number of hydrogen-bond acceptors (Lipinski definition) is 8. The van der Waals surface area contributed by atoms with Gasteiger partial charge < -0.3 is 24.7 Å². The lowest BCUT2D eigenvalue weighted by Gasteiger charge is -2.25. The fourth-order valence-corrected chi connectivity index (χ4v) is 4.90. The van der Waals surface area contributed by atoms with Gasteiger partial charge in [-0.1, -0.05) is 91.0 Å². The smallest absolute Gasteiger partial charge is 0.167 e. The van der Waals surface area contributed by atoms with E-state index in [-0.39, 0.29) is 0 Å². The molecule has 1 fully saturated rings. The molecule has 0 aliphatic carbocycles. The van der Waals surface area contributed by atoms with E-state index in [0.29, 0.717) is 43.4 Å². The second-order valence-corrected chi connectivity index (χ2v) is 9.67. The summed E-state index contributed by atoms with van der Waals surface area (Å²) in [6.45, 7) is 1.57. The van der Waals surface area contributed by atoms with Crippen molar-refractivity contribution >= 4 is 17.0 Å². The maximum Gasteiger partial charge on any atom is 0.167 e. The summed E-state index contributed by atoms with van der Waals surface area (Å²) in [5, 5.41) is 0. The molecule has 2 aromatic heterocycles. The van der Waals surface area contributed by atoms with Gasteiger partial charge in [-0.25, -0.2) is 15.0 Å². The topological polar surface area (TPSA) is 107 Å². The third kappa shape index (κ3) is 5.88. The second kappa shape index (κ2) is 12.4. The molecule has 0 amide bonds. The molecule has 0 saturated carbocycles. The zero-order valence-corrected chi connectivity index (χ0v) is 22.0. The highest BCUT2D eigenvalue weighted by atomic mass is 16.6. The first-order valence-corrected chi connectivity index (χ1v) is 13.3. The van der Waals surface area contributed by atoms with Gasteiger partial charge in [0.1, 0.15) is 30.2 Å². The van der Waals surface area contributed by atoms with E-state index in [0.717, 1.165) is 16.7 Å². The molecule has 5 aromatic rings. The summed E-state index contributed by atoms with van der Waals surface area (Å²) in [4.78, 5) is 13.0. The number of aromatic nitrogens is 4. The van der Waals surface area contributed by atoms with Crippen molar-refractivity contribution in [2.24, 2.45) is 0 Å². The van der Waals surface area contributed by atoms with E-state index in [9.17, 15) is 0 Å². The molecule has 0 spiro atoms. The van der Waals surface area contributed by atoms with Gasteiger partial charge in [-0.05, 0) is 16.7 Å². The summed E-state index contributed by atoms with van der Waals surface area (Å²) in [5.41, 5.74) is 10.4. The van der Waals surface area contributed by atoms with Gasteiger partial charge in [-0.3, -0.25) is 4.57 Å². The average Bonchev–Trinajstić information content (AvgIpc) is 3.58. The Labute approximate surface area is 232 Å². The van der Waals surface area contributed by atoms with E-state index in [2.05, 4.69) is 15.0 Å². The van der Waals surface area contributed by atoms with Crippen LogP contribution in [0.2, 0.25) is 0 Å². The summed E-state index contributed by atoms with van der Waals surface area (Å²) >= 11 is 0. The van der Waals surface area contributed by atoms with Crippen molar-refractivity contribution < 1.29 is 18.9 Å². The van der Waals surface area contributed by atoms with E-state index in [1.165, 1.54) is 6.33 Å². The van der Waals surface area contributed by atoms with E-state index >= 15 is 0 Å². The molecule has 4 atom stereocenters. The lowest BCUT2D eigenvalue weighted by atomic mass is 10.1. The number of fused-ring (bicyclic) bond motifs is 1. The molecule has 204 valence electrons.